The summed E-state index contributed by atoms with van der Waals surface area (Å²) in [7, 11) is 0. The summed E-state index contributed by atoms with van der Waals surface area (Å²) >= 11 is 0. The van der Waals surface area contributed by atoms with Crippen molar-refractivity contribution >= 4 is 17.5 Å². The maximum atomic E-state index is 11.7. The molecule has 132 valence electrons. The first kappa shape index (κ1) is 18.3. The predicted octanol–water partition coefficient (Wildman–Crippen LogP) is 3.31. The SMILES string of the molecule is CC(C)(C)OC(=O)NCC1=CC(=N)/C(=C(/N)Nc2ccccc2)C=C1. The molecule has 6 nitrogen and oxygen atoms in total. The van der Waals surface area contributed by atoms with Gasteiger partial charge in [-0.05, 0) is 50.6 Å². The first-order chi connectivity index (χ1) is 11.7. The molecule has 1 aromatic carbocycles. The molecule has 0 aliphatic heterocycles. The van der Waals surface area contributed by atoms with E-state index in [1.54, 1.807) is 12.2 Å². The number of para-hydroxylation sites is 1. The van der Waals surface area contributed by atoms with Gasteiger partial charge >= 0.3 is 6.09 Å². The van der Waals surface area contributed by atoms with Gasteiger partial charge in [0.2, 0.25) is 0 Å². The zero-order chi connectivity index (χ0) is 18.4. The normalized spacial score (nSPS) is 16.1. The fraction of sp³-hybridized carbons (Fsp3) is 0.263. The molecule has 0 radical (unpaired) electrons. The average Bonchev–Trinajstić information content (AvgIpc) is 2.52. The van der Waals surface area contributed by atoms with Crippen molar-refractivity contribution in [1.29, 1.82) is 5.41 Å². The molecular formula is C19H24N4O2. The van der Waals surface area contributed by atoms with Crippen LogP contribution in [-0.2, 0) is 4.74 Å². The van der Waals surface area contributed by atoms with E-state index in [1.807, 2.05) is 57.2 Å². The van der Waals surface area contributed by atoms with Gasteiger partial charge in [0.15, 0.2) is 0 Å². The van der Waals surface area contributed by atoms with Crippen molar-refractivity contribution in [3.63, 3.8) is 0 Å². The van der Waals surface area contributed by atoms with Crippen LogP contribution >= 0.6 is 0 Å². The smallest absolute Gasteiger partial charge is 0.407 e. The molecule has 1 aliphatic rings. The summed E-state index contributed by atoms with van der Waals surface area (Å²) in [5.41, 5.74) is 8.06. The molecule has 0 aromatic heterocycles. The summed E-state index contributed by atoms with van der Waals surface area (Å²) in [6.07, 6.45) is 4.77. The van der Waals surface area contributed by atoms with Crippen LogP contribution in [0.1, 0.15) is 20.8 Å². The quantitative estimate of drug-likeness (QED) is 0.675. The molecule has 6 heteroatoms. The lowest BCUT2D eigenvalue weighted by Gasteiger charge is -2.20. The Bertz CT molecular complexity index is 740. The van der Waals surface area contributed by atoms with Gasteiger partial charge in [-0.3, -0.25) is 0 Å². The summed E-state index contributed by atoms with van der Waals surface area (Å²) in [4.78, 5) is 11.7. The van der Waals surface area contributed by atoms with Gasteiger partial charge in [-0.1, -0.05) is 24.3 Å². The standard InChI is InChI=1S/C19H24N4O2/c1-19(2,3)25-18(24)22-12-13-9-10-15(16(20)11-13)17(21)23-14-7-5-4-6-8-14/h4-11,20,23H,12,21H2,1-3H3,(H,22,24)/b17-15-,20-16?. The largest absolute Gasteiger partial charge is 0.444 e. The van der Waals surface area contributed by atoms with Gasteiger partial charge < -0.3 is 26.5 Å². The number of hydrogen-bond acceptors (Lipinski definition) is 5. The number of carbonyl (C=O) groups is 1. The highest BCUT2D eigenvalue weighted by molar-refractivity contribution is 6.10. The fourth-order valence-corrected chi connectivity index (χ4v) is 2.17. The zero-order valence-corrected chi connectivity index (χ0v) is 14.7. The van der Waals surface area contributed by atoms with Gasteiger partial charge in [-0.25, -0.2) is 4.79 Å². The third kappa shape index (κ3) is 5.84. The van der Waals surface area contributed by atoms with Gasteiger partial charge in [0.05, 0.1) is 5.71 Å². The van der Waals surface area contributed by atoms with Crippen molar-refractivity contribution < 1.29 is 9.53 Å². The Morgan fingerprint density at radius 3 is 2.48 bits per heavy atom. The second-order valence-electron chi connectivity index (χ2n) is 6.64. The van der Waals surface area contributed by atoms with Crippen molar-refractivity contribution in [2.75, 3.05) is 11.9 Å². The van der Waals surface area contributed by atoms with E-state index in [-0.39, 0.29) is 12.3 Å². The van der Waals surface area contributed by atoms with Crippen LogP contribution in [0.2, 0.25) is 0 Å². The van der Waals surface area contributed by atoms with Crippen LogP contribution in [0.4, 0.5) is 10.5 Å². The van der Waals surface area contributed by atoms with Crippen LogP contribution in [0.5, 0.6) is 0 Å². The molecule has 5 N–H and O–H groups in total. The average molecular weight is 340 g/mol. The van der Waals surface area contributed by atoms with Gasteiger partial charge in [0.1, 0.15) is 11.4 Å². The molecule has 0 unspecified atom stereocenters. The van der Waals surface area contributed by atoms with Crippen molar-refractivity contribution in [3.05, 3.63) is 65.5 Å². The van der Waals surface area contributed by atoms with Crippen LogP contribution < -0.4 is 16.4 Å². The first-order valence-electron chi connectivity index (χ1n) is 8.01. The number of hydrogen-bond donors (Lipinski definition) is 4. The molecule has 0 atom stereocenters. The van der Waals surface area contributed by atoms with Gasteiger partial charge in [-0.2, -0.15) is 0 Å². The molecule has 2 rings (SSSR count). The fourth-order valence-electron chi connectivity index (χ4n) is 2.17. The predicted molar refractivity (Wildman–Crippen MR) is 100 cm³/mol. The molecule has 1 aromatic rings. The summed E-state index contributed by atoms with van der Waals surface area (Å²) in [6.45, 7) is 5.71. The number of alkyl carbamates (subject to hydrolysis) is 1. The first-order valence-corrected chi connectivity index (χ1v) is 8.01. The lowest BCUT2D eigenvalue weighted by atomic mass is 10.00. The molecule has 0 saturated heterocycles. The van der Waals surface area contributed by atoms with E-state index in [0.29, 0.717) is 11.4 Å². The highest BCUT2D eigenvalue weighted by atomic mass is 16.6. The van der Waals surface area contributed by atoms with Gasteiger partial charge in [0.25, 0.3) is 0 Å². The lowest BCUT2D eigenvalue weighted by molar-refractivity contribution is 0.0533. The van der Waals surface area contributed by atoms with Crippen LogP contribution in [0, 0.1) is 5.41 Å². The number of nitrogens with one attached hydrogen (secondary N) is 3. The maximum absolute atomic E-state index is 11.7. The van der Waals surface area contributed by atoms with E-state index >= 15 is 0 Å². The summed E-state index contributed by atoms with van der Waals surface area (Å²) in [5, 5.41) is 13.9. The number of carbonyl (C=O) groups excluding carboxylic acids is 1. The maximum Gasteiger partial charge on any atom is 0.407 e. The molecule has 0 saturated carbocycles. The highest BCUT2D eigenvalue weighted by Gasteiger charge is 2.17. The zero-order valence-electron chi connectivity index (χ0n) is 14.7. The van der Waals surface area contributed by atoms with Crippen LogP contribution in [0.15, 0.2) is 65.5 Å². The topological polar surface area (TPSA) is 100 Å². The van der Waals surface area contributed by atoms with Crippen molar-refractivity contribution in [2.24, 2.45) is 5.73 Å². The van der Waals surface area contributed by atoms with Crippen LogP contribution in [0.25, 0.3) is 0 Å². The lowest BCUT2D eigenvalue weighted by Crippen LogP contribution is -2.33. The van der Waals surface area contributed by atoms with Gasteiger partial charge in [-0.15, -0.1) is 0 Å². The summed E-state index contributed by atoms with van der Waals surface area (Å²) in [5.74, 6) is 0.405. The molecule has 1 aliphatic carbocycles. The number of benzene rings is 1. The number of nitrogens with two attached hydrogens (primary N) is 1. The molecule has 25 heavy (non-hydrogen) atoms. The number of ether oxygens (including phenoxy) is 1. The molecule has 0 heterocycles. The third-order valence-electron chi connectivity index (χ3n) is 3.26. The van der Waals surface area contributed by atoms with Crippen LogP contribution in [0.3, 0.4) is 0 Å². The van der Waals surface area contributed by atoms with Crippen molar-refractivity contribution in [3.8, 4) is 0 Å². The minimum atomic E-state index is -0.541. The second-order valence-corrected chi connectivity index (χ2v) is 6.64. The minimum absolute atomic E-state index is 0.282. The van der Waals surface area contributed by atoms with E-state index in [2.05, 4.69) is 10.6 Å². The Morgan fingerprint density at radius 2 is 1.88 bits per heavy atom. The second kappa shape index (κ2) is 7.70. The Morgan fingerprint density at radius 1 is 1.20 bits per heavy atom. The van der Waals surface area contributed by atoms with E-state index in [1.165, 1.54) is 0 Å². The Balaban J connectivity index is 1.97. The molecule has 0 spiro atoms. The van der Waals surface area contributed by atoms with E-state index < -0.39 is 11.7 Å². The number of anilines is 1. The molecular weight excluding hydrogens is 316 g/mol. The van der Waals surface area contributed by atoms with E-state index in [9.17, 15) is 4.79 Å². The Kier molecular flexibility index (Phi) is 5.64. The summed E-state index contributed by atoms with van der Waals surface area (Å²) in [6, 6.07) is 9.53. The van der Waals surface area contributed by atoms with Crippen molar-refractivity contribution in [2.45, 2.75) is 26.4 Å². The van der Waals surface area contributed by atoms with Gasteiger partial charge in [0, 0.05) is 17.8 Å². The van der Waals surface area contributed by atoms with Crippen LogP contribution in [-0.4, -0.2) is 24.0 Å². The van der Waals surface area contributed by atoms with E-state index in [4.69, 9.17) is 15.9 Å². The minimum Gasteiger partial charge on any atom is -0.444 e. The highest BCUT2D eigenvalue weighted by Crippen LogP contribution is 2.16. The Labute approximate surface area is 148 Å². The number of rotatable bonds is 4. The number of allylic oxidation sites excluding steroid dienone is 3. The monoisotopic (exact) mass is 340 g/mol. The summed E-state index contributed by atoms with van der Waals surface area (Å²) < 4.78 is 5.19. The molecule has 0 fully saturated rings. The van der Waals surface area contributed by atoms with E-state index in [0.717, 1.165) is 11.3 Å². The van der Waals surface area contributed by atoms with Crippen molar-refractivity contribution in [1.82, 2.24) is 5.32 Å². The number of amides is 1. The third-order valence-corrected chi connectivity index (χ3v) is 3.26. The molecule has 0 bridgehead atoms. The molecule has 1 amide bonds. The Hall–Kier alpha value is -3.02.